The van der Waals surface area contributed by atoms with Crippen LogP contribution in [0, 0.1) is 0 Å². The number of carbonyl (C=O) groups is 1. The zero-order chi connectivity index (χ0) is 16.1. The Labute approximate surface area is 137 Å². The Morgan fingerprint density at radius 3 is 2.96 bits per heavy atom. The molecule has 0 aliphatic rings. The lowest BCUT2D eigenvalue weighted by Gasteiger charge is -2.05. The van der Waals surface area contributed by atoms with Crippen LogP contribution in [0.5, 0.6) is 5.75 Å². The van der Waals surface area contributed by atoms with E-state index in [1.54, 1.807) is 13.3 Å². The van der Waals surface area contributed by atoms with Crippen LogP contribution in [-0.2, 0) is 6.54 Å². The molecule has 6 nitrogen and oxygen atoms in total. The molecule has 0 fully saturated rings. The summed E-state index contributed by atoms with van der Waals surface area (Å²) in [7, 11) is 1.60. The van der Waals surface area contributed by atoms with Crippen LogP contribution >= 0.6 is 11.5 Å². The van der Waals surface area contributed by atoms with E-state index in [4.69, 9.17) is 4.74 Å². The van der Waals surface area contributed by atoms with E-state index in [0.29, 0.717) is 22.9 Å². The summed E-state index contributed by atoms with van der Waals surface area (Å²) in [6, 6.07) is 13.0. The van der Waals surface area contributed by atoms with Crippen molar-refractivity contribution in [1.29, 1.82) is 0 Å². The monoisotopic (exact) mass is 326 g/mol. The Morgan fingerprint density at radius 1 is 1.26 bits per heavy atom. The van der Waals surface area contributed by atoms with Crippen LogP contribution < -0.4 is 10.1 Å². The van der Waals surface area contributed by atoms with E-state index in [9.17, 15) is 4.79 Å². The van der Waals surface area contributed by atoms with Crippen molar-refractivity contribution in [1.82, 2.24) is 19.9 Å². The Morgan fingerprint density at radius 2 is 2.17 bits per heavy atom. The predicted octanol–water partition coefficient (Wildman–Crippen LogP) is 2.54. The molecule has 2 aromatic heterocycles. The molecule has 3 rings (SSSR count). The number of ether oxygens (including phenoxy) is 1. The molecule has 116 valence electrons. The lowest BCUT2D eigenvalue weighted by molar-refractivity contribution is 0.0955. The minimum Gasteiger partial charge on any atom is -0.497 e. The van der Waals surface area contributed by atoms with Crippen molar-refractivity contribution in [2.75, 3.05) is 7.11 Å². The Bertz CT molecular complexity index is 805. The third kappa shape index (κ3) is 3.51. The van der Waals surface area contributed by atoms with Crippen LogP contribution in [0.2, 0.25) is 0 Å². The van der Waals surface area contributed by atoms with Gasteiger partial charge in [0.25, 0.3) is 5.91 Å². The fourth-order valence-corrected chi connectivity index (χ4v) is 2.66. The number of hydrogen-bond acceptors (Lipinski definition) is 6. The standard InChI is InChI=1S/C16H14N4O2S/c1-22-13-7-4-5-11(9-13)14-15(23-20-19-14)16(21)18-10-12-6-2-3-8-17-12/h2-9H,10H2,1H3,(H,18,21). The fourth-order valence-electron chi connectivity index (χ4n) is 2.05. The van der Waals surface area contributed by atoms with E-state index in [1.807, 2.05) is 42.5 Å². The molecule has 0 radical (unpaired) electrons. The highest BCUT2D eigenvalue weighted by Gasteiger charge is 2.18. The first kappa shape index (κ1) is 15.1. The normalized spacial score (nSPS) is 10.3. The molecule has 1 amide bonds. The predicted molar refractivity (Wildman–Crippen MR) is 87.3 cm³/mol. The minimum atomic E-state index is -0.219. The molecule has 3 aromatic rings. The summed E-state index contributed by atoms with van der Waals surface area (Å²) in [5, 5.41) is 6.91. The largest absolute Gasteiger partial charge is 0.497 e. The molecule has 0 unspecified atom stereocenters. The van der Waals surface area contributed by atoms with Crippen molar-refractivity contribution in [2.24, 2.45) is 0 Å². The van der Waals surface area contributed by atoms with Crippen LogP contribution in [0.15, 0.2) is 48.7 Å². The number of pyridine rings is 1. The molecular formula is C16H14N4O2S. The first-order valence-corrected chi connectivity index (χ1v) is 7.70. The second-order valence-electron chi connectivity index (χ2n) is 4.69. The van der Waals surface area contributed by atoms with Crippen molar-refractivity contribution in [3.63, 3.8) is 0 Å². The van der Waals surface area contributed by atoms with Gasteiger partial charge < -0.3 is 10.1 Å². The smallest absolute Gasteiger partial charge is 0.265 e. The van der Waals surface area contributed by atoms with Crippen LogP contribution in [0.3, 0.4) is 0 Å². The van der Waals surface area contributed by atoms with Crippen molar-refractivity contribution < 1.29 is 9.53 Å². The summed E-state index contributed by atoms with van der Waals surface area (Å²) in [6.07, 6.45) is 1.69. The van der Waals surface area contributed by atoms with Gasteiger partial charge in [-0.3, -0.25) is 9.78 Å². The molecule has 23 heavy (non-hydrogen) atoms. The molecule has 0 aliphatic heterocycles. The molecule has 1 aromatic carbocycles. The summed E-state index contributed by atoms with van der Waals surface area (Å²) in [5.74, 6) is 0.485. The molecule has 0 saturated carbocycles. The van der Waals surface area contributed by atoms with Crippen molar-refractivity contribution in [2.45, 2.75) is 6.54 Å². The molecule has 2 heterocycles. The average Bonchev–Trinajstić information content (AvgIpc) is 3.10. The van der Waals surface area contributed by atoms with Gasteiger partial charge in [0, 0.05) is 11.8 Å². The number of nitrogens with one attached hydrogen (secondary N) is 1. The lowest BCUT2D eigenvalue weighted by Crippen LogP contribution is -2.22. The maximum Gasteiger partial charge on any atom is 0.265 e. The maximum atomic E-state index is 12.4. The van der Waals surface area contributed by atoms with Crippen LogP contribution in [0.4, 0.5) is 0 Å². The third-order valence-electron chi connectivity index (χ3n) is 3.19. The second-order valence-corrected chi connectivity index (χ2v) is 5.44. The highest BCUT2D eigenvalue weighted by Crippen LogP contribution is 2.26. The van der Waals surface area contributed by atoms with Gasteiger partial charge in [0.1, 0.15) is 16.3 Å². The minimum absolute atomic E-state index is 0.219. The second kappa shape index (κ2) is 6.97. The number of carbonyl (C=O) groups excluding carboxylic acids is 1. The molecule has 1 N–H and O–H groups in total. The van der Waals surface area contributed by atoms with Gasteiger partial charge >= 0.3 is 0 Å². The Kier molecular flexibility index (Phi) is 4.58. The SMILES string of the molecule is COc1cccc(-c2nnsc2C(=O)NCc2ccccn2)c1. The van der Waals surface area contributed by atoms with E-state index in [0.717, 1.165) is 22.8 Å². The zero-order valence-electron chi connectivity index (χ0n) is 12.4. The van der Waals surface area contributed by atoms with Gasteiger partial charge in [0.15, 0.2) is 0 Å². The first-order chi connectivity index (χ1) is 11.3. The van der Waals surface area contributed by atoms with Gasteiger partial charge in [0.05, 0.1) is 19.3 Å². The summed E-state index contributed by atoms with van der Waals surface area (Å²) in [4.78, 5) is 17.0. The Hall–Kier alpha value is -2.80. The number of nitrogens with zero attached hydrogens (tertiary/aromatic N) is 3. The van der Waals surface area contributed by atoms with E-state index >= 15 is 0 Å². The van der Waals surface area contributed by atoms with Gasteiger partial charge in [-0.25, -0.2) is 0 Å². The maximum absolute atomic E-state index is 12.4. The number of aromatic nitrogens is 3. The Balaban J connectivity index is 1.78. The summed E-state index contributed by atoms with van der Waals surface area (Å²) in [5.41, 5.74) is 2.13. The van der Waals surface area contributed by atoms with Gasteiger partial charge in [-0.05, 0) is 35.8 Å². The highest BCUT2D eigenvalue weighted by molar-refractivity contribution is 7.08. The van der Waals surface area contributed by atoms with E-state index in [-0.39, 0.29) is 5.91 Å². The lowest BCUT2D eigenvalue weighted by atomic mass is 10.1. The average molecular weight is 326 g/mol. The first-order valence-electron chi connectivity index (χ1n) is 6.93. The number of benzene rings is 1. The molecule has 0 aliphatic carbocycles. The van der Waals surface area contributed by atoms with Gasteiger partial charge in [-0.15, -0.1) is 5.10 Å². The quantitative estimate of drug-likeness (QED) is 0.779. The van der Waals surface area contributed by atoms with Crippen LogP contribution in [-0.4, -0.2) is 27.6 Å². The van der Waals surface area contributed by atoms with Crippen molar-refractivity contribution in [3.05, 3.63) is 59.2 Å². The third-order valence-corrected chi connectivity index (χ3v) is 3.92. The van der Waals surface area contributed by atoms with Crippen molar-refractivity contribution >= 4 is 17.4 Å². The molecular weight excluding hydrogens is 312 g/mol. The molecule has 0 saturated heterocycles. The van der Waals surface area contributed by atoms with Gasteiger partial charge in [-0.1, -0.05) is 22.7 Å². The van der Waals surface area contributed by atoms with Crippen molar-refractivity contribution in [3.8, 4) is 17.0 Å². The van der Waals surface area contributed by atoms with E-state index in [2.05, 4.69) is 19.9 Å². The fraction of sp³-hybridized carbons (Fsp3) is 0.125. The summed E-state index contributed by atoms with van der Waals surface area (Å²) >= 11 is 1.07. The van der Waals surface area contributed by atoms with Gasteiger partial charge in [-0.2, -0.15) is 0 Å². The molecule has 0 spiro atoms. The number of rotatable bonds is 5. The number of hydrogen-bond donors (Lipinski definition) is 1. The zero-order valence-corrected chi connectivity index (χ0v) is 13.2. The summed E-state index contributed by atoms with van der Waals surface area (Å²) in [6.45, 7) is 0.356. The van der Waals surface area contributed by atoms with Crippen LogP contribution in [0.25, 0.3) is 11.3 Å². The molecule has 0 atom stereocenters. The van der Waals surface area contributed by atoms with E-state index < -0.39 is 0 Å². The van der Waals surface area contributed by atoms with Crippen LogP contribution in [0.1, 0.15) is 15.4 Å². The highest BCUT2D eigenvalue weighted by atomic mass is 32.1. The summed E-state index contributed by atoms with van der Waals surface area (Å²) < 4.78 is 9.11. The topological polar surface area (TPSA) is 77.0 Å². The molecule has 7 heteroatoms. The van der Waals surface area contributed by atoms with E-state index in [1.165, 1.54) is 0 Å². The number of amides is 1. The van der Waals surface area contributed by atoms with Gasteiger partial charge in [0.2, 0.25) is 0 Å². The molecule has 0 bridgehead atoms. The number of methoxy groups -OCH3 is 1.